The zero-order chi connectivity index (χ0) is 11.7. The van der Waals surface area contributed by atoms with Crippen molar-refractivity contribution in [2.24, 2.45) is 5.73 Å². The first-order valence-corrected chi connectivity index (χ1v) is 5.62. The molecule has 0 amide bonds. The van der Waals surface area contributed by atoms with Crippen LogP contribution in [-0.4, -0.2) is 6.04 Å². The molecule has 4 heteroatoms. The Morgan fingerprint density at radius 2 is 2.00 bits per heavy atom. The standard InChI is InChI=1S/C13H16F2N.V/c1-8-6-12(15)10(7-11(8)14)9-4-2-3-5-13(9)16;/h3,6-7,9,13H,2,4-5,16H2,1H3;/q-1;/t9?,13-;/m0./s1. The summed E-state index contributed by atoms with van der Waals surface area (Å²) in [5, 5.41) is 0. The second-order valence-corrected chi connectivity index (χ2v) is 4.49. The van der Waals surface area contributed by atoms with E-state index in [0.717, 1.165) is 19.3 Å². The van der Waals surface area contributed by atoms with Gasteiger partial charge in [-0.3, -0.25) is 0 Å². The van der Waals surface area contributed by atoms with Gasteiger partial charge in [0.1, 0.15) is 11.6 Å². The second kappa shape index (κ2) is 5.99. The van der Waals surface area contributed by atoms with Gasteiger partial charge in [-0.1, -0.05) is 6.42 Å². The van der Waals surface area contributed by atoms with Gasteiger partial charge in [-0.2, -0.15) is 12.8 Å². The molecule has 0 aliphatic heterocycles. The van der Waals surface area contributed by atoms with E-state index >= 15 is 0 Å². The van der Waals surface area contributed by atoms with Gasteiger partial charge in [0.15, 0.2) is 0 Å². The number of hydrogen-bond acceptors (Lipinski definition) is 1. The van der Waals surface area contributed by atoms with Crippen LogP contribution in [0.15, 0.2) is 12.1 Å². The first-order chi connectivity index (χ1) is 7.59. The van der Waals surface area contributed by atoms with E-state index in [2.05, 4.69) is 6.42 Å². The van der Waals surface area contributed by atoms with Crippen molar-refractivity contribution in [2.45, 2.75) is 38.1 Å². The molecule has 0 heterocycles. The van der Waals surface area contributed by atoms with Gasteiger partial charge in [0.25, 0.3) is 0 Å². The zero-order valence-electron chi connectivity index (χ0n) is 9.79. The fourth-order valence-corrected chi connectivity index (χ4v) is 2.32. The van der Waals surface area contributed by atoms with Gasteiger partial charge in [-0.25, -0.2) is 8.78 Å². The average Bonchev–Trinajstić information content (AvgIpc) is 2.25. The molecular formula is C13H16F2NV-. The Morgan fingerprint density at radius 1 is 1.29 bits per heavy atom. The number of benzene rings is 1. The first-order valence-electron chi connectivity index (χ1n) is 5.62. The molecule has 0 aromatic heterocycles. The molecule has 0 saturated heterocycles. The Bertz CT molecular complexity index is 395. The van der Waals surface area contributed by atoms with E-state index in [4.69, 9.17) is 5.73 Å². The van der Waals surface area contributed by atoms with Crippen molar-refractivity contribution in [3.8, 4) is 0 Å². The molecule has 93 valence electrons. The molecule has 1 unspecified atom stereocenters. The molecule has 1 aliphatic rings. The number of hydrogen-bond donors (Lipinski definition) is 1. The molecule has 0 spiro atoms. The summed E-state index contributed by atoms with van der Waals surface area (Å²) in [5.74, 6) is -0.737. The minimum atomic E-state index is -0.349. The number of halogens is 2. The van der Waals surface area contributed by atoms with Crippen molar-refractivity contribution < 1.29 is 27.3 Å². The van der Waals surface area contributed by atoms with E-state index in [9.17, 15) is 8.78 Å². The minimum Gasteiger partial charge on any atom is -0.330 e. The maximum absolute atomic E-state index is 13.8. The summed E-state index contributed by atoms with van der Waals surface area (Å²) in [5.41, 5.74) is 6.73. The van der Waals surface area contributed by atoms with Crippen LogP contribution < -0.4 is 5.73 Å². The zero-order valence-corrected chi connectivity index (χ0v) is 11.2. The third kappa shape index (κ3) is 3.09. The molecule has 1 saturated carbocycles. The predicted octanol–water partition coefficient (Wildman–Crippen LogP) is 3.07. The summed E-state index contributed by atoms with van der Waals surface area (Å²) in [6, 6.07) is 2.47. The summed E-state index contributed by atoms with van der Waals surface area (Å²) < 4.78 is 27.2. The largest absolute Gasteiger partial charge is 0.330 e. The maximum atomic E-state index is 13.8. The van der Waals surface area contributed by atoms with Crippen LogP contribution >= 0.6 is 0 Å². The van der Waals surface area contributed by atoms with Crippen molar-refractivity contribution in [3.05, 3.63) is 41.3 Å². The summed E-state index contributed by atoms with van der Waals surface area (Å²) >= 11 is 0. The van der Waals surface area contributed by atoms with Crippen LogP contribution in [0.5, 0.6) is 0 Å². The van der Waals surface area contributed by atoms with Crippen molar-refractivity contribution in [1.82, 2.24) is 0 Å². The summed E-state index contributed by atoms with van der Waals surface area (Å²) in [6.07, 6.45) is 4.62. The van der Waals surface area contributed by atoms with Gasteiger partial charge < -0.3 is 12.2 Å². The third-order valence-electron chi connectivity index (χ3n) is 3.31. The van der Waals surface area contributed by atoms with Gasteiger partial charge in [0, 0.05) is 18.6 Å². The number of nitrogens with two attached hydrogens (primary N) is 1. The van der Waals surface area contributed by atoms with Crippen LogP contribution in [0.1, 0.15) is 36.3 Å². The van der Waals surface area contributed by atoms with E-state index in [1.54, 1.807) is 6.92 Å². The predicted molar refractivity (Wildman–Crippen MR) is 60.0 cm³/mol. The van der Waals surface area contributed by atoms with Crippen LogP contribution in [0.2, 0.25) is 0 Å². The molecule has 1 fully saturated rings. The van der Waals surface area contributed by atoms with E-state index in [0.29, 0.717) is 11.1 Å². The van der Waals surface area contributed by atoms with Crippen LogP contribution in [0, 0.1) is 25.0 Å². The van der Waals surface area contributed by atoms with Gasteiger partial charge in [-0.05, 0) is 42.1 Å². The normalized spacial score (nSPS) is 24.2. The molecule has 2 atom stereocenters. The van der Waals surface area contributed by atoms with Crippen molar-refractivity contribution in [3.63, 3.8) is 0 Å². The molecule has 1 aromatic rings. The Kier molecular flexibility index (Phi) is 5.17. The third-order valence-corrected chi connectivity index (χ3v) is 3.31. The van der Waals surface area contributed by atoms with E-state index in [-0.39, 0.29) is 42.1 Å². The first kappa shape index (κ1) is 14.7. The van der Waals surface area contributed by atoms with Gasteiger partial charge >= 0.3 is 0 Å². The van der Waals surface area contributed by atoms with Crippen LogP contribution in [0.25, 0.3) is 0 Å². The van der Waals surface area contributed by atoms with Crippen molar-refractivity contribution >= 4 is 0 Å². The van der Waals surface area contributed by atoms with Crippen LogP contribution in [0.3, 0.4) is 0 Å². The smallest absolute Gasteiger partial charge is 0.127 e. The summed E-state index contributed by atoms with van der Waals surface area (Å²) in [6.45, 7) is 1.57. The van der Waals surface area contributed by atoms with E-state index in [1.165, 1.54) is 12.1 Å². The Balaban J connectivity index is 0.00000144. The molecule has 1 nitrogen and oxygen atoms in total. The second-order valence-electron chi connectivity index (χ2n) is 4.49. The monoisotopic (exact) mass is 275 g/mol. The molecule has 1 radical (unpaired) electrons. The summed E-state index contributed by atoms with van der Waals surface area (Å²) in [7, 11) is 0. The van der Waals surface area contributed by atoms with Crippen molar-refractivity contribution in [1.29, 1.82) is 0 Å². The van der Waals surface area contributed by atoms with Crippen molar-refractivity contribution in [2.75, 3.05) is 0 Å². The minimum absolute atomic E-state index is 0. The van der Waals surface area contributed by atoms with Gasteiger partial charge in [-0.15, -0.1) is 0 Å². The molecule has 2 rings (SSSR count). The van der Waals surface area contributed by atoms with Gasteiger partial charge in [0.2, 0.25) is 0 Å². The van der Waals surface area contributed by atoms with E-state index in [1.807, 2.05) is 0 Å². The van der Waals surface area contributed by atoms with Crippen LogP contribution in [0.4, 0.5) is 8.78 Å². The molecule has 17 heavy (non-hydrogen) atoms. The molecule has 2 N–H and O–H groups in total. The topological polar surface area (TPSA) is 26.0 Å². The fourth-order valence-electron chi connectivity index (χ4n) is 2.32. The summed E-state index contributed by atoms with van der Waals surface area (Å²) in [4.78, 5) is 0. The Hall–Kier alpha value is -0.376. The molecule has 1 aliphatic carbocycles. The Morgan fingerprint density at radius 3 is 2.65 bits per heavy atom. The molecule has 1 aromatic carbocycles. The van der Waals surface area contributed by atoms with Gasteiger partial charge in [0.05, 0.1) is 0 Å². The average molecular weight is 275 g/mol. The van der Waals surface area contributed by atoms with E-state index < -0.39 is 0 Å². The quantitative estimate of drug-likeness (QED) is 0.783. The molecular weight excluding hydrogens is 259 g/mol. The number of rotatable bonds is 1. The maximum Gasteiger partial charge on any atom is 0.127 e. The van der Waals surface area contributed by atoms with Crippen LogP contribution in [-0.2, 0) is 18.6 Å². The number of aryl methyl sites for hydroxylation is 1. The fraction of sp³-hybridized carbons (Fsp3) is 0.462. The SMILES string of the molecule is Cc1cc(F)c(C2CC[CH-]C[C@@H]2N)cc1F.[V]. The Labute approximate surface area is 113 Å². The molecule has 0 bridgehead atoms.